The van der Waals surface area contributed by atoms with E-state index < -0.39 is 12.0 Å². The number of carboxylic acids is 1. The molecule has 2 aromatic rings. The van der Waals surface area contributed by atoms with Crippen LogP contribution in [0.25, 0.3) is 10.8 Å². The Morgan fingerprint density at radius 3 is 2.96 bits per heavy atom. The molecule has 1 amide bonds. The molecule has 6 nitrogen and oxygen atoms in total. The van der Waals surface area contributed by atoms with Crippen LogP contribution in [0.2, 0.25) is 0 Å². The second kappa shape index (κ2) is 6.54. The maximum atomic E-state index is 12.4. The number of hydrogen-bond acceptors (Lipinski definition) is 5. The number of aromatic nitrogens is 1. The highest BCUT2D eigenvalue weighted by atomic mass is 32.1. The van der Waals surface area contributed by atoms with Crippen molar-refractivity contribution in [3.8, 4) is 10.8 Å². The number of rotatable bonds is 4. The summed E-state index contributed by atoms with van der Waals surface area (Å²) in [4.78, 5) is 29.6. The lowest BCUT2D eigenvalue weighted by atomic mass is 10.0. The number of nitrogens with zero attached hydrogens (tertiary/aromatic N) is 2. The highest BCUT2D eigenvalue weighted by Crippen LogP contribution is 2.26. The van der Waals surface area contributed by atoms with Crippen molar-refractivity contribution < 1.29 is 19.1 Å². The van der Waals surface area contributed by atoms with Gasteiger partial charge in [-0.05, 0) is 38.3 Å². The van der Waals surface area contributed by atoms with Gasteiger partial charge in [0.25, 0.3) is 0 Å². The first-order valence-electron chi connectivity index (χ1n) is 7.58. The molecule has 0 saturated carbocycles. The van der Waals surface area contributed by atoms with Gasteiger partial charge in [-0.25, -0.2) is 9.78 Å². The molecule has 3 rings (SSSR count). The third kappa shape index (κ3) is 3.44. The number of carbonyl (C=O) groups is 2. The van der Waals surface area contributed by atoms with Crippen molar-refractivity contribution in [2.45, 2.75) is 38.6 Å². The molecular formula is C16H18N2O4S. The number of amides is 1. The zero-order chi connectivity index (χ0) is 16.4. The number of aliphatic carboxylic acids is 1. The highest BCUT2D eigenvalue weighted by Gasteiger charge is 2.32. The third-order valence-electron chi connectivity index (χ3n) is 3.94. The minimum Gasteiger partial charge on any atom is -0.480 e. The summed E-state index contributed by atoms with van der Waals surface area (Å²) in [6, 6.07) is 3.01. The van der Waals surface area contributed by atoms with Gasteiger partial charge in [-0.15, -0.1) is 11.3 Å². The van der Waals surface area contributed by atoms with Crippen LogP contribution < -0.4 is 0 Å². The second-order valence-corrected chi connectivity index (χ2v) is 6.53. The second-order valence-electron chi connectivity index (χ2n) is 5.67. The van der Waals surface area contributed by atoms with Crippen LogP contribution in [0.5, 0.6) is 0 Å². The summed E-state index contributed by atoms with van der Waals surface area (Å²) in [5.74, 6) is 0.394. The van der Waals surface area contributed by atoms with Gasteiger partial charge in [0, 0.05) is 11.9 Å². The smallest absolute Gasteiger partial charge is 0.326 e. The Kier molecular flexibility index (Phi) is 4.47. The molecule has 1 aliphatic heterocycles. The molecule has 1 atom stereocenters. The van der Waals surface area contributed by atoms with E-state index in [1.807, 2.05) is 24.4 Å². The molecular weight excluding hydrogens is 316 g/mol. The standard InChI is InChI=1S/C16H18N2O4S/c1-10-5-6-13(22-10)15-17-11(9-23-15)8-14(19)18-7-3-2-4-12(18)16(20)21/h5-6,9,12H,2-4,7-8H2,1H3,(H,20,21)/t12-/m0/s1. The van der Waals surface area contributed by atoms with Gasteiger partial charge < -0.3 is 14.4 Å². The first-order valence-corrected chi connectivity index (χ1v) is 8.46. The topological polar surface area (TPSA) is 83.6 Å². The zero-order valence-electron chi connectivity index (χ0n) is 12.8. The quantitative estimate of drug-likeness (QED) is 0.929. The molecule has 0 aliphatic carbocycles. The van der Waals surface area contributed by atoms with Crippen molar-refractivity contribution in [2.75, 3.05) is 6.54 Å². The monoisotopic (exact) mass is 334 g/mol. The molecule has 1 fully saturated rings. The largest absolute Gasteiger partial charge is 0.480 e. The van der Waals surface area contributed by atoms with Crippen molar-refractivity contribution in [1.82, 2.24) is 9.88 Å². The van der Waals surface area contributed by atoms with Gasteiger partial charge in [0.15, 0.2) is 10.8 Å². The van der Waals surface area contributed by atoms with E-state index in [0.29, 0.717) is 24.4 Å². The molecule has 1 aliphatic rings. The van der Waals surface area contributed by atoms with Crippen LogP contribution in [0.3, 0.4) is 0 Å². The first kappa shape index (κ1) is 15.7. The Labute approximate surface area is 137 Å². The van der Waals surface area contributed by atoms with Gasteiger partial charge in [-0.1, -0.05) is 0 Å². The van der Waals surface area contributed by atoms with Crippen LogP contribution in [0.15, 0.2) is 21.9 Å². The number of thiazole rings is 1. The fraction of sp³-hybridized carbons (Fsp3) is 0.438. The summed E-state index contributed by atoms with van der Waals surface area (Å²) in [7, 11) is 0. The average Bonchev–Trinajstić information content (AvgIpc) is 3.16. The van der Waals surface area contributed by atoms with Crippen molar-refractivity contribution >= 4 is 23.2 Å². The molecule has 7 heteroatoms. The maximum absolute atomic E-state index is 12.4. The van der Waals surface area contributed by atoms with Gasteiger partial charge in [0.1, 0.15) is 11.8 Å². The number of hydrogen-bond donors (Lipinski definition) is 1. The Bertz CT molecular complexity index is 721. The lowest BCUT2D eigenvalue weighted by Gasteiger charge is -2.32. The Hall–Kier alpha value is -2.15. The minimum atomic E-state index is -0.928. The molecule has 1 saturated heterocycles. The third-order valence-corrected chi connectivity index (χ3v) is 4.85. The summed E-state index contributed by atoms with van der Waals surface area (Å²) in [5, 5.41) is 11.8. The van der Waals surface area contributed by atoms with Crippen LogP contribution in [0.4, 0.5) is 0 Å². The van der Waals surface area contributed by atoms with Crippen molar-refractivity contribution in [3.05, 3.63) is 29.0 Å². The summed E-state index contributed by atoms with van der Waals surface area (Å²) < 4.78 is 5.53. The van der Waals surface area contributed by atoms with E-state index in [1.165, 1.54) is 16.2 Å². The predicted octanol–water partition coefficient (Wildman–Crippen LogP) is 2.72. The molecule has 0 unspecified atom stereocenters. The molecule has 0 aromatic carbocycles. The summed E-state index contributed by atoms with van der Waals surface area (Å²) >= 11 is 1.42. The van der Waals surface area contributed by atoms with E-state index in [1.54, 1.807) is 0 Å². The number of likely N-dealkylation sites (tertiary alicyclic amines) is 1. The normalized spacial score (nSPS) is 18.1. The molecule has 2 aromatic heterocycles. The van der Waals surface area contributed by atoms with E-state index in [9.17, 15) is 14.7 Å². The van der Waals surface area contributed by atoms with Gasteiger partial charge in [-0.2, -0.15) is 0 Å². The summed E-state index contributed by atoms with van der Waals surface area (Å²) in [6.07, 6.45) is 2.35. The Balaban J connectivity index is 1.70. The number of piperidine rings is 1. The SMILES string of the molecule is Cc1ccc(-c2nc(CC(=O)N3CCCC[C@H]3C(=O)O)cs2)o1. The molecule has 23 heavy (non-hydrogen) atoms. The Morgan fingerprint density at radius 1 is 1.43 bits per heavy atom. The van der Waals surface area contributed by atoms with Gasteiger partial charge in [0.05, 0.1) is 12.1 Å². The van der Waals surface area contributed by atoms with E-state index in [-0.39, 0.29) is 12.3 Å². The van der Waals surface area contributed by atoms with Crippen molar-refractivity contribution in [2.24, 2.45) is 0 Å². The van der Waals surface area contributed by atoms with E-state index in [0.717, 1.165) is 23.6 Å². The van der Waals surface area contributed by atoms with Crippen LogP contribution in [0, 0.1) is 6.92 Å². The zero-order valence-corrected chi connectivity index (χ0v) is 13.6. The number of carboxylic acid groups (broad SMARTS) is 1. The molecule has 1 N–H and O–H groups in total. The van der Waals surface area contributed by atoms with Crippen LogP contribution >= 0.6 is 11.3 Å². The van der Waals surface area contributed by atoms with E-state index in [4.69, 9.17) is 4.42 Å². The summed E-state index contributed by atoms with van der Waals surface area (Å²) in [6.45, 7) is 2.37. The number of furan rings is 1. The lowest BCUT2D eigenvalue weighted by Crippen LogP contribution is -2.48. The van der Waals surface area contributed by atoms with Crippen LogP contribution in [-0.4, -0.2) is 39.5 Å². The molecule has 122 valence electrons. The Morgan fingerprint density at radius 2 is 2.26 bits per heavy atom. The van der Waals surface area contributed by atoms with Gasteiger partial charge >= 0.3 is 5.97 Å². The molecule has 0 bridgehead atoms. The number of carbonyl (C=O) groups excluding carboxylic acids is 1. The minimum absolute atomic E-state index is 0.125. The fourth-order valence-electron chi connectivity index (χ4n) is 2.79. The van der Waals surface area contributed by atoms with Crippen molar-refractivity contribution in [3.63, 3.8) is 0 Å². The highest BCUT2D eigenvalue weighted by molar-refractivity contribution is 7.13. The molecule has 3 heterocycles. The maximum Gasteiger partial charge on any atom is 0.326 e. The van der Waals surface area contributed by atoms with Crippen LogP contribution in [-0.2, 0) is 16.0 Å². The van der Waals surface area contributed by atoms with E-state index in [2.05, 4.69) is 4.98 Å². The van der Waals surface area contributed by atoms with Gasteiger partial charge in [0.2, 0.25) is 5.91 Å². The average molecular weight is 334 g/mol. The number of aryl methyl sites for hydroxylation is 1. The predicted molar refractivity (Wildman–Crippen MR) is 85.2 cm³/mol. The fourth-order valence-corrected chi connectivity index (χ4v) is 3.57. The molecule has 0 radical (unpaired) electrons. The lowest BCUT2D eigenvalue weighted by molar-refractivity contribution is -0.151. The summed E-state index contributed by atoms with van der Waals surface area (Å²) in [5.41, 5.74) is 0.652. The van der Waals surface area contributed by atoms with E-state index >= 15 is 0 Å². The van der Waals surface area contributed by atoms with Gasteiger partial charge in [-0.3, -0.25) is 4.79 Å². The van der Waals surface area contributed by atoms with Crippen molar-refractivity contribution in [1.29, 1.82) is 0 Å². The van der Waals surface area contributed by atoms with Crippen LogP contribution in [0.1, 0.15) is 30.7 Å². The molecule has 0 spiro atoms. The first-order chi connectivity index (χ1) is 11.0.